The second-order valence-corrected chi connectivity index (χ2v) is 6.58. The van der Waals surface area contributed by atoms with Crippen LogP contribution in [0, 0.1) is 0 Å². The molecule has 0 bridgehead atoms. The van der Waals surface area contributed by atoms with E-state index < -0.39 is 17.9 Å². The van der Waals surface area contributed by atoms with Gasteiger partial charge in [-0.3, -0.25) is 0 Å². The van der Waals surface area contributed by atoms with E-state index in [1.165, 1.54) is 64.7 Å². The summed E-state index contributed by atoms with van der Waals surface area (Å²) in [6.45, 7) is 3.76. The zero-order chi connectivity index (χ0) is 16.1. The molecule has 0 spiro atoms. The van der Waals surface area contributed by atoms with Crippen molar-refractivity contribution in [3.8, 4) is 0 Å². The van der Waals surface area contributed by atoms with Crippen LogP contribution in [-0.2, 0) is 0 Å². The van der Waals surface area contributed by atoms with Gasteiger partial charge in [-0.1, -0.05) is 77.6 Å². The predicted molar refractivity (Wildman–Crippen MR) is 89.9 cm³/mol. The maximum atomic E-state index is 9.72. The topological polar surface area (TPSA) is 92.5 Å². The smallest absolute Gasteiger partial charge is 0.110 e. The molecule has 2 unspecified atom stereocenters. The summed E-state index contributed by atoms with van der Waals surface area (Å²) in [5, 5.41) is 19.0. The Morgan fingerprint density at radius 3 is 1.52 bits per heavy atom. The molecule has 0 fully saturated rings. The van der Waals surface area contributed by atoms with Gasteiger partial charge in [-0.15, -0.1) is 0 Å². The first-order valence-electron chi connectivity index (χ1n) is 8.85. The molecule has 128 valence electrons. The summed E-state index contributed by atoms with van der Waals surface area (Å²) < 4.78 is 0. The predicted octanol–water partition coefficient (Wildman–Crippen LogP) is 3.04. The second-order valence-electron chi connectivity index (χ2n) is 6.58. The molecule has 0 aromatic heterocycles. The zero-order valence-corrected chi connectivity index (χ0v) is 14.2. The Morgan fingerprint density at radius 1 is 0.762 bits per heavy atom. The molecule has 0 saturated carbocycles. The fraction of sp³-hybridized carbons (Fsp3) is 1.00. The molecular weight excluding hydrogens is 264 g/mol. The van der Waals surface area contributed by atoms with Crippen molar-refractivity contribution in [2.45, 2.75) is 109 Å². The first-order valence-corrected chi connectivity index (χ1v) is 8.85. The molecule has 0 radical (unpaired) electrons. The molecule has 0 aliphatic carbocycles. The van der Waals surface area contributed by atoms with Gasteiger partial charge in [0.05, 0.1) is 11.8 Å². The Balaban J connectivity index is 3.40. The number of rotatable bonds is 14. The van der Waals surface area contributed by atoms with Crippen LogP contribution in [0.25, 0.3) is 0 Å². The van der Waals surface area contributed by atoms with Gasteiger partial charge in [0.1, 0.15) is 6.10 Å². The Labute approximate surface area is 131 Å². The summed E-state index contributed by atoms with van der Waals surface area (Å²) in [5.74, 6) is 0. The van der Waals surface area contributed by atoms with Crippen molar-refractivity contribution in [3.05, 3.63) is 0 Å². The first-order chi connectivity index (χ1) is 9.91. The van der Waals surface area contributed by atoms with E-state index >= 15 is 0 Å². The van der Waals surface area contributed by atoms with Gasteiger partial charge in [0.15, 0.2) is 0 Å². The van der Waals surface area contributed by atoms with Gasteiger partial charge in [0.2, 0.25) is 0 Å². The van der Waals surface area contributed by atoms with E-state index in [1.54, 1.807) is 0 Å². The molecule has 0 saturated heterocycles. The van der Waals surface area contributed by atoms with Crippen LogP contribution in [0.15, 0.2) is 0 Å². The summed E-state index contributed by atoms with van der Waals surface area (Å²) in [6, 6.07) is 0. The summed E-state index contributed by atoms with van der Waals surface area (Å²) in [6.07, 6.45) is 12.6. The molecule has 0 aliphatic rings. The molecule has 2 atom stereocenters. The molecule has 21 heavy (non-hydrogen) atoms. The third-order valence-electron chi connectivity index (χ3n) is 4.22. The number of hydrogen-bond donors (Lipinski definition) is 4. The van der Waals surface area contributed by atoms with Gasteiger partial charge in [0, 0.05) is 0 Å². The van der Waals surface area contributed by atoms with Crippen molar-refractivity contribution in [2.75, 3.05) is 0 Å². The highest BCUT2D eigenvalue weighted by molar-refractivity contribution is 4.88. The lowest BCUT2D eigenvalue weighted by Gasteiger charge is -2.32. The highest BCUT2D eigenvalue weighted by Crippen LogP contribution is 2.16. The summed E-state index contributed by atoms with van der Waals surface area (Å²) in [7, 11) is 0. The highest BCUT2D eigenvalue weighted by Gasteiger charge is 2.31. The SMILES string of the molecule is CCCCCCCCCCCCCC(N)(N)C(O)C(C)O. The molecule has 0 aliphatic heterocycles. The normalized spacial score (nSPS) is 15.1. The van der Waals surface area contributed by atoms with Crippen LogP contribution in [0.3, 0.4) is 0 Å². The number of aliphatic hydroxyl groups excluding tert-OH is 2. The van der Waals surface area contributed by atoms with Crippen molar-refractivity contribution in [1.29, 1.82) is 0 Å². The van der Waals surface area contributed by atoms with Gasteiger partial charge in [-0.2, -0.15) is 0 Å². The van der Waals surface area contributed by atoms with Crippen LogP contribution < -0.4 is 11.5 Å². The van der Waals surface area contributed by atoms with E-state index in [2.05, 4.69) is 6.92 Å². The maximum absolute atomic E-state index is 9.72. The van der Waals surface area contributed by atoms with Crippen LogP contribution >= 0.6 is 0 Å². The van der Waals surface area contributed by atoms with E-state index in [0.717, 1.165) is 12.8 Å². The van der Waals surface area contributed by atoms with Crippen molar-refractivity contribution < 1.29 is 10.2 Å². The van der Waals surface area contributed by atoms with Gasteiger partial charge in [0.25, 0.3) is 0 Å². The van der Waals surface area contributed by atoms with Gasteiger partial charge < -0.3 is 21.7 Å². The first kappa shape index (κ1) is 20.8. The molecule has 6 N–H and O–H groups in total. The van der Waals surface area contributed by atoms with Gasteiger partial charge in [-0.05, 0) is 13.3 Å². The quantitative estimate of drug-likeness (QED) is 0.293. The Bertz CT molecular complexity index is 233. The fourth-order valence-corrected chi connectivity index (χ4v) is 2.69. The minimum atomic E-state index is -1.17. The van der Waals surface area contributed by atoms with E-state index in [-0.39, 0.29) is 0 Å². The number of aliphatic hydroxyl groups is 2. The summed E-state index contributed by atoms with van der Waals surface area (Å²) in [5.41, 5.74) is 10.5. The molecular formula is C17H38N2O2. The molecule has 4 heteroatoms. The van der Waals surface area contributed by atoms with Crippen molar-refractivity contribution in [3.63, 3.8) is 0 Å². The Hall–Kier alpha value is -0.160. The standard InChI is InChI=1S/C17H38N2O2/c1-3-4-5-6-7-8-9-10-11-12-13-14-17(18,19)16(21)15(2)20/h15-16,20-21H,3-14,18-19H2,1-2H3. The fourth-order valence-electron chi connectivity index (χ4n) is 2.69. The largest absolute Gasteiger partial charge is 0.391 e. The monoisotopic (exact) mass is 302 g/mol. The zero-order valence-electron chi connectivity index (χ0n) is 14.2. The minimum Gasteiger partial charge on any atom is -0.391 e. The molecule has 0 aromatic carbocycles. The number of unbranched alkanes of at least 4 members (excludes halogenated alkanes) is 10. The lowest BCUT2D eigenvalue weighted by molar-refractivity contribution is -0.0216. The van der Waals surface area contributed by atoms with Crippen LogP contribution in [0.4, 0.5) is 0 Å². The lowest BCUT2D eigenvalue weighted by Crippen LogP contribution is -2.62. The average Bonchev–Trinajstić information content (AvgIpc) is 2.43. The van der Waals surface area contributed by atoms with Crippen molar-refractivity contribution >= 4 is 0 Å². The molecule has 0 aromatic rings. The minimum absolute atomic E-state index is 0.552. The average molecular weight is 303 g/mol. The van der Waals surface area contributed by atoms with Crippen LogP contribution in [0.5, 0.6) is 0 Å². The van der Waals surface area contributed by atoms with Crippen LogP contribution in [-0.4, -0.2) is 28.1 Å². The third-order valence-corrected chi connectivity index (χ3v) is 4.22. The Morgan fingerprint density at radius 2 is 1.14 bits per heavy atom. The van der Waals surface area contributed by atoms with Crippen LogP contribution in [0.2, 0.25) is 0 Å². The second kappa shape index (κ2) is 12.4. The van der Waals surface area contributed by atoms with Gasteiger partial charge >= 0.3 is 0 Å². The maximum Gasteiger partial charge on any atom is 0.110 e. The lowest BCUT2D eigenvalue weighted by atomic mass is 9.94. The van der Waals surface area contributed by atoms with Crippen LogP contribution in [0.1, 0.15) is 90.9 Å². The molecule has 0 rings (SSSR count). The molecule has 4 nitrogen and oxygen atoms in total. The third kappa shape index (κ3) is 11.1. The number of hydrogen-bond acceptors (Lipinski definition) is 4. The molecule has 0 amide bonds. The summed E-state index contributed by atoms with van der Waals surface area (Å²) >= 11 is 0. The van der Waals surface area contributed by atoms with E-state index in [4.69, 9.17) is 11.5 Å². The van der Waals surface area contributed by atoms with E-state index in [1.807, 2.05) is 0 Å². The highest BCUT2D eigenvalue weighted by atomic mass is 16.3. The summed E-state index contributed by atoms with van der Waals surface area (Å²) in [4.78, 5) is 0. The Kier molecular flexibility index (Phi) is 12.3. The van der Waals surface area contributed by atoms with E-state index in [0.29, 0.717) is 6.42 Å². The van der Waals surface area contributed by atoms with Crippen molar-refractivity contribution in [1.82, 2.24) is 0 Å². The van der Waals surface area contributed by atoms with Gasteiger partial charge in [-0.25, -0.2) is 0 Å². The number of nitrogens with two attached hydrogens (primary N) is 2. The van der Waals surface area contributed by atoms with Crippen molar-refractivity contribution in [2.24, 2.45) is 11.5 Å². The molecule has 0 heterocycles. The van der Waals surface area contributed by atoms with E-state index in [9.17, 15) is 10.2 Å².